The fourth-order valence-electron chi connectivity index (χ4n) is 2.00. The minimum absolute atomic E-state index is 0.950. The molecular formula is C11H16. The highest BCUT2D eigenvalue weighted by Crippen LogP contribution is 2.43. The normalized spacial score (nSPS) is 36.1. The zero-order valence-electron chi connectivity index (χ0n) is 7.22. The van der Waals surface area contributed by atoms with Gasteiger partial charge in [-0.1, -0.05) is 6.92 Å². The molecule has 0 heterocycles. The van der Waals surface area contributed by atoms with Crippen LogP contribution in [0.1, 0.15) is 32.6 Å². The van der Waals surface area contributed by atoms with E-state index < -0.39 is 0 Å². The summed E-state index contributed by atoms with van der Waals surface area (Å²) < 4.78 is 0. The van der Waals surface area contributed by atoms with Gasteiger partial charge in [0, 0.05) is 0 Å². The Hall–Kier alpha value is -0.480. The van der Waals surface area contributed by atoms with Crippen LogP contribution in [0.25, 0.3) is 0 Å². The molecule has 0 aromatic heterocycles. The highest BCUT2D eigenvalue weighted by molar-refractivity contribution is 4.96. The smallest absolute Gasteiger partial charge is 0.0243 e. The van der Waals surface area contributed by atoms with Crippen LogP contribution in [0.2, 0.25) is 0 Å². The molecule has 2 atom stereocenters. The van der Waals surface area contributed by atoms with Crippen molar-refractivity contribution in [2.75, 3.05) is 0 Å². The van der Waals surface area contributed by atoms with Gasteiger partial charge >= 0.3 is 0 Å². The minimum Gasteiger partial charge on any atom is -0.130 e. The minimum atomic E-state index is 0.950. The highest BCUT2D eigenvalue weighted by Gasteiger charge is 2.33. The molecule has 60 valence electrons. The van der Waals surface area contributed by atoms with Crippen molar-refractivity contribution in [1.29, 1.82) is 0 Å². The predicted octanol–water partition coefficient (Wildman–Crippen LogP) is 3.15. The van der Waals surface area contributed by atoms with Crippen molar-refractivity contribution in [3.05, 3.63) is 17.9 Å². The zero-order valence-corrected chi connectivity index (χ0v) is 7.22. The summed E-state index contributed by atoms with van der Waals surface area (Å²) in [6.45, 7) is 2.37. The van der Waals surface area contributed by atoms with Gasteiger partial charge in [0.15, 0.2) is 0 Å². The van der Waals surface area contributed by atoms with Gasteiger partial charge in [-0.3, -0.25) is 0 Å². The van der Waals surface area contributed by atoms with E-state index in [9.17, 15) is 0 Å². The van der Waals surface area contributed by atoms with Crippen LogP contribution in [0.4, 0.5) is 0 Å². The first-order valence-electron chi connectivity index (χ1n) is 4.75. The van der Waals surface area contributed by atoms with E-state index >= 15 is 0 Å². The Morgan fingerprint density at radius 1 is 1.36 bits per heavy atom. The van der Waals surface area contributed by atoms with Crippen LogP contribution in [0.3, 0.4) is 0 Å². The second-order valence-electron chi connectivity index (χ2n) is 4.12. The van der Waals surface area contributed by atoms with E-state index in [0.717, 1.165) is 17.8 Å². The van der Waals surface area contributed by atoms with Gasteiger partial charge in [-0.15, -0.1) is 5.73 Å². The lowest BCUT2D eigenvalue weighted by Gasteiger charge is -2.13. The Balaban J connectivity index is 1.76. The molecule has 0 aromatic carbocycles. The van der Waals surface area contributed by atoms with Crippen LogP contribution in [-0.2, 0) is 0 Å². The van der Waals surface area contributed by atoms with Crippen LogP contribution in [-0.4, -0.2) is 0 Å². The largest absolute Gasteiger partial charge is 0.130 e. The Kier molecular flexibility index (Phi) is 1.87. The molecule has 0 N–H and O–H groups in total. The van der Waals surface area contributed by atoms with E-state index in [1.807, 2.05) is 0 Å². The summed E-state index contributed by atoms with van der Waals surface area (Å²) in [6, 6.07) is 0. The summed E-state index contributed by atoms with van der Waals surface area (Å²) in [5, 5.41) is 0. The van der Waals surface area contributed by atoms with E-state index in [4.69, 9.17) is 0 Å². The van der Waals surface area contributed by atoms with Crippen LogP contribution in [0.15, 0.2) is 17.9 Å². The van der Waals surface area contributed by atoms with Crippen LogP contribution in [0, 0.1) is 17.8 Å². The molecule has 0 bridgehead atoms. The van der Waals surface area contributed by atoms with Crippen molar-refractivity contribution in [1.82, 2.24) is 0 Å². The molecular weight excluding hydrogens is 132 g/mol. The fraction of sp³-hybridized carbons (Fsp3) is 0.727. The molecule has 11 heavy (non-hydrogen) atoms. The van der Waals surface area contributed by atoms with Crippen molar-refractivity contribution in [3.8, 4) is 0 Å². The van der Waals surface area contributed by atoms with Crippen LogP contribution in [0.5, 0.6) is 0 Å². The highest BCUT2D eigenvalue weighted by atomic mass is 14.4. The Bertz CT molecular complexity index is 186. The van der Waals surface area contributed by atoms with E-state index in [1.54, 1.807) is 0 Å². The van der Waals surface area contributed by atoms with Crippen molar-refractivity contribution in [2.24, 2.45) is 17.8 Å². The summed E-state index contributed by atoms with van der Waals surface area (Å²) in [6.07, 6.45) is 9.90. The van der Waals surface area contributed by atoms with Gasteiger partial charge in [-0.2, -0.15) is 0 Å². The summed E-state index contributed by atoms with van der Waals surface area (Å²) >= 11 is 0. The lowest BCUT2D eigenvalue weighted by atomic mass is 9.92. The second kappa shape index (κ2) is 2.87. The standard InChI is InChI=1S/C11H16/c1-9-7-11(9)8-10-5-3-2-4-6-10/h3-4,9-11H,5-8H2,1H3. The Labute approximate surface area is 69.0 Å². The van der Waals surface area contributed by atoms with Crippen molar-refractivity contribution in [3.63, 3.8) is 0 Å². The topological polar surface area (TPSA) is 0 Å². The number of hydrogen-bond donors (Lipinski definition) is 0. The van der Waals surface area contributed by atoms with Crippen molar-refractivity contribution >= 4 is 0 Å². The predicted molar refractivity (Wildman–Crippen MR) is 47.3 cm³/mol. The number of rotatable bonds is 2. The van der Waals surface area contributed by atoms with E-state index in [2.05, 4.69) is 24.8 Å². The molecule has 0 aromatic rings. The molecule has 2 unspecified atom stereocenters. The van der Waals surface area contributed by atoms with Crippen molar-refractivity contribution < 1.29 is 0 Å². The van der Waals surface area contributed by atoms with Gasteiger partial charge in [-0.25, -0.2) is 0 Å². The molecule has 1 fully saturated rings. The summed E-state index contributed by atoms with van der Waals surface area (Å²) in [5.41, 5.74) is 3.17. The van der Waals surface area contributed by atoms with E-state index in [-0.39, 0.29) is 0 Å². The first kappa shape index (κ1) is 7.18. The third-order valence-electron chi connectivity index (χ3n) is 3.05. The maximum Gasteiger partial charge on any atom is -0.0243 e. The first-order chi connectivity index (χ1) is 5.36. The van der Waals surface area contributed by atoms with E-state index in [0.29, 0.717) is 0 Å². The van der Waals surface area contributed by atoms with Gasteiger partial charge in [0.05, 0.1) is 0 Å². The fourth-order valence-corrected chi connectivity index (χ4v) is 2.00. The lowest BCUT2D eigenvalue weighted by Crippen LogP contribution is -2.01. The van der Waals surface area contributed by atoms with E-state index in [1.165, 1.54) is 25.7 Å². The monoisotopic (exact) mass is 148 g/mol. The average molecular weight is 148 g/mol. The number of hydrogen-bond acceptors (Lipinski definition) is 0. The zero-order chi connectivity index (χ0) is 7.68. The quantitative estimate of drug-likeness (QED) is 0.528. The Morgan fingerprint density at radius 2 is 2.00 bits per heavy atom. The molecule has 0 amide bonds. The van der Waals surface area contributed by atoms with Crippen LogP contribution >= 0.6 is 0 Å². The third-order valence-corrected chi connectivity index (χ3v) is 3.05. The summed E-state index contributed by atoms with van der Waals surface area (Å²) in [7, 11) is 0. The molecule has 2 rings (SSSR count). The first-order valence-corrected chi connectivity index (χ1v) is 4.75. The second-order valence-corrected chi connectivity index (χ2v) is 4.12. The van der Waals surface area contributed by atoms with Gasteiger partial charge in [-0.05, 0) is 55.6 Å². The van der Waals surface area contributed by atoms with Crippen molar-refractivity contribution in [2.45, 2.75) is 32.6 Å². The molecule has 0 aliphatic heterocycles. The SMILES string of the molecule is CC1CC1CC1CC=C=CC1. The maximum absolute atomic E-state index is 3.17. The molecule has 0 saturated heterocycles. The Morgan fingerprint density at radius 3 is 2.55 bits per heavy atom. The average Bonchev–Trinajstić information content (AvgIpc) is 2.69. The molecule has 0 spiro atoms. The summed E-state index contributed by atoms with van der Waals surface area (Å²) in [5.74, 6) is 3.05. The molecule has 2 aliphatic carbocycles. The molecule has 0 nitrogen and oxygen atoms in total. The lowest BCUT2D eigenvalue weighted by molar-refractivity contribution is 0.449. The molecule has 0 radical (unpaired) electrons. The third kappa shape index (κ3) is 1.75. The van der Waals surface area contributed by atoms with Gasteiger partial charge < -0.3 is 0 Å². The molecule has 0 heteroatoms. The van der Waals surface area contributed by atoms with Gasteiger partial charge in [0.2, 0.25) is 0 Å². The summed E-state index contributed by atoms with van der Waals surface area (Å²) in [4.78, 5) is 0. The van der Waals surface area contributed by atoms with Gasteiger partial charge in [0.25, 0.3) is 0 Å². The molecule has 2 aliphatic rings. The molecule has 1 saturated carbocycles. The maximum atomic E-state index is 3.17. The van der Waals surface area contributed by atoms with Crippen LogP contribution < -0.4 is 0 Å². The van der Waals surface area contributed by atoms with Gasteiger partial charge in [0.1, 0.15) is 0 Å². The number of allylic oxidation sites excluding steroid dienone is 1.